The van der Waals surface area contributed by atoms with Crippen molar-refractivity contribution in [2.75, 3.05) is 26.9 Å². The van der Waals surface area contributed by atoms with Crippen molar-refractivity contribution in [3.05, 3.63) is 64.6 Å². The number of thiazole rings is 1. The van der Waals surface area contributed by atoms with Crippen molar-refractivity contribution in [2.24, 2.45) is 23.7 Å². The molecule has 0 bridgehead atoms. The van der Waals surface area contributed by atoms with Crippen molar-refractivity contribution in [1.29, 1.82) is 0 Å². The molecule has 1 aliphatic heterocycles. The number of amides is 2. The van der Waals surface area contributed by atoms with Gasteiger partial charge in [-0.2, -0.15) is 0 Å². The average molecular weight is 723 g/mol. The third-order valence-corrected chi connectivity index (χ3v) is 11.5. The summed E-state index contributed by atoms with van der Waals surface area (Å²) in [5.41, 5.74) is 1.44. The van der Waals surface area contributed by atoms with Gasteiger partial charge in [0, 0.05) is 41.6 Å². The van der Waals surface area contributed by atoms with Crippen LogP contribution in [0.1, 0.15) is 113 Å². The molecule has 0 spiro atoms. The molecular formula is C41H62N4O5S. The SMILES string of the molecule is C=CCOCN(C(=O)[C@@H](CC(=O)[C@H]1CCCCN1C)C(C)CC)[C@@H](C[C@@H](C)c1nc(C(=O)N[C@@H](Cc2ccccc2)C[C@H](C)C=O)cs1)C(C)C. The highest BCUT2D eigenvalue weighted by Crippen LogP contribution is 2.32. The number of nitrogens with zero attached hydrogens (tertiary/aromatic N) is 3. The standard InChI is InChI=1S/C41H62N4O5S/c1-9-20-50-27-45(41(49)34(30(6)10-2)24-38(47)36-18-14-15-19-44(36)8)37(28(3)4)22-31(7)40-43-35(26-51-40)39(48)42-33(21-29(5)25-46)23-32-16-12-11-13-17-32/h9,11-13,16-17,25-26,28-31,33-34,36-37H,1,10,14-15,18-24,27H2,2-8H3,(H,42,48)/t29-,30?,31+,33+,34-,36+,37-/m0/s1. The number of likely N-dealkylation sites (N-methyl/N-ethyl adjacent to an activating group) is 1. The number of benzene rings is 1. The number of ether oxygens (including phenoxy) is 1. The van der Waals surface area contributed by atoms with Crippen LogP contribution in [0, 0.1) is 23.7 Å². The lowest BCUT2D eigenvalue weighted by molar-refractivity contribution is -0.150. The molecule has 10 heteroatoms. The monoisotopic (exact) mass is 722 g/mol. The fraction of sp³-hybridized carbons (Fsp3) is 0.634. The largest absolute Gasteiger partial charge is 0.357 e. The Kier molecular flexibility index (Phi) is 17.7. The zero-order valence-corrected chi connectivity index (χ0v) is 32.8. The van der Waals surface area contributed by atoms with Gasteiger partial charge in [0.2, 0.25) is 5.91 Å². The molecule has 9 nitrogen and oxygen atoms in total. The van der Waals surface area contributed by atoms with Crippen LogP contribution in [0.4, 0.5) is 0 Å². The molecule has 3 rings (SSSR count). The van der Waals surface area contributed by atoms with Gasteiger partial charge in [-0.05, 0) is 63.1 Å². The third-order valence-electron chi connectivity index (χ3n) is 10.5. The number of nitrogens with one attached hydrogen (secondary N) is 1. The first-order valence-electron chi connectivity index (χ1n) is 18.9. The maximum atomic E-state index is 14.6. The van der Waals surface area contributed by atoms with Crippen LogP contribution in [0.15, 0.2) is 48.4 Å². The zero-order valence-electron chi connectivity index (χ0n) is 32.0. The molecule has 0 saturated carbocycles. The van der Waals surface area contributed by atoms with Crippen molar-refractivity contribution in [3.63, 3.8) is 0 Å². The number of piperidine rings is 1. The lowest BCUT2D eigenvalue weighted by Gasteiger charge is -2.39. The Morgan fingerprint density at radius 3 is 2.47 bits per heavy atom. The van der Waals surface area contributed by atoms with Gasteiger partial charge < -0.3 is 19.7 Å². The van der Waals surface area contributed by atoms with E-state index in [2.05, 4.69) is 51.4 Å². The molecule has 0 aliphatic carbocycles. The van der Waals surface area contributed by atoms with E-state index in [1.807, 2.05) is 49.2 Å². The highest BCUT2D eigenvalue weighted by Gasteiger charge is 2.38. The number of carbonyl (C=O) groups excluding carboxylic acids is 4. The quantitative estimate of drug-likeness (QED) is 0.0587. The van der Waals surface area contributed by atoms with E-state index < -0.39 is 5.92 Å². The van der Waals surface area contributed by atoms with Crippen molar-refractivity contribution >= 4 is 35.2 Å². The molecule has 1 aromatic heterocycles. The summed E-state index contributed by atoms with van der Waals surface area (Å²) >= 11 is 1.44. The van der Waals surface area contributed by atoms with Gasteiger partial charge in [0.05, 0.1) is 17.7 Å². The number of likely N-dealkylation sites (tertiary alicyclic amines) is 1. The normalized spacial score (nSPS) is 18.6. The highest BCUT2D eigenvalue weighted by molar-refractivity contribution is 7.09. The summed E-state index contributed by atoms with van der Waals surface area (Å²) in [6, 6.07) is 9.40. The second-order valence-electron chi connectivity index (χ2n) is 15.0. The van der Waals surface area contributed by atoms with Crippen LogP contribution in [-0.2, 0) is 25.5 Å². The molecule has 282 valence electrons. The lowest BCUT2D eigenvalue weighted by atomic mass is 9.82. The van der Waals surface area contributed by atoms with Crippen LogP contribution in [0.25, 0.3) is 0 Å². The molecular weight excluding hydrogens is 661 g/mol. The molecule has 1 aromatic carbocycles. The summed E-state index contributed by atoms with van der Waals surface area (Å²) in [4.78, 5) is 61.9. The molecule has 2 heterocycles. The van der Waals surface area contributed by atoms with Crippen LogP contribution >= 0.6 is 11.3 Å². The van der Waals surface area contributed by atoms with Crippen LogP contribution in [-0.4, -0.2) is 83.7 Å². The Morgan fingerprint density at radius 2 is 1.84 bits per heavy atom. The van der Waals surface area contributed by atoms with E-state index in [9.17, 15) is 19.2 Å². The number of hydrogen-bond donors (Lipinski definition) is 1. The van der Waals surface area contributed by atoms with E-state index in [4.69, 9.17) is 9.72 Å². The van der Waals surface area contributed by atoms with Crippen molar-refractivity contribution in [2.45, 2.75) is 117 Å². The van der Waals surface area contributed by atoms with E-state index in [1.165, 1.54) is 11.3 Å². The first-order valence-corrected chi connectivity index (χ1v) is 19.7. The summed E-state index contributed by atoms with van der Waals surface area (Å²) in [5, 5.41) is 5.74. The van der Waals surface area contributed by atoms with Crippen LogP contribution < -0.4 is 5.32 Å². The predicted octanol–water partition coefficient (Wildman–Crippen LogP) is 7.32. The first-order chi connectivity index (χ1) is 24.4. The summed E-state index contributed by atoms with van der Waals surface area (Å²) < 4.78 is 5.94. The Hall–Kier alpha value is -3.21. The summed E-state index contributed by atoms with van der Waals surface area (Å²) in [6.45, 7) is 17.4. The summed E-state index contributed by atoms with van der Waals surface area (Å²) in [7, 11) is 2.01. The minimum absolute atomic E-state index is 0.0303. The Morgan fingerprint density at radius 1 is 1.12 bits per heavy atom. The first kappa shape index (κ1) is 42.2. The Labute approximate surface area is 310 Å². The van der Waals surface area contributed by atoms with Gasteiger partial charge >= 0.3 is 0 Å². The highest BCUT2D eigenvalue weighted by atomic mass is 32.1. The Bertz CT molecular complexity index is 1400. The van der Waals surface area contributed by atoms with E-state index in [-0.39, 0.29) is 72.5 Å². The average Bonchev–Trinajstić information content (AvgIpc) is 3.62. The van der Waals surface area contributed by atoms with Crippen LogP contribution in [0.3, 0.4) is 0 Å². The lowest BCUT2D eigenvalue weighted by Crippen LogP contribution is -2.50. The van der Waals surface area contributed by atoms with Crippen molar-refractivity contribution in [3.8, 4) is 0 Å². The van der Waals surface area contributed by atoms with Gasteiger partial charge in [0.15, 0.2) is 5.78 Å². The van der Waals surface area contributed by atoms with Crippen LogP contribution in [0.2, 0.25) is 0 Å². The molecule has 51 heavy (non-hydrogen) atoms. The van der Waals surface area contributed by atoms with Gasteiger partial charge in [0.25, 0.3) is 5.91 Å². The maximum Gasteiger partial charge on any atom is 0.270 e. The second kappa shape index (κ2) is 21.3. The third kappa shape index (κ3) is 12.8. The minimum Gasteiger partial charge on any atom is -0.357 e. The smallest absolute Gasteiger partial charge is 0.270 e. The predicted molar refractivity (Wildman–Crippen MR) is 206 cm³/mol. The number of rotatable bonds is 22. The van der Waals surface area contributed by atoms with Gasteiger partial charge in [0.1, 0.15) is 18.7 Å². The van der Waals surface area contributed by atoms with Gasteiger partial charge in [-0.3, -0.25) is 19.3 Å². The number of ketones is 1. The van der Waals surface area contributed by atoms with Gasteiger partial charge in [-0.25, -0.2) is 4.98 Å². The number of aldehydes is 1. The molecule has 1 aliphatic rings. The Balaban J connectivity index is 1.80. The zero-order chi connectivity index (χ0) is 37.5. The second-order valence-corrected chi connectivity index (χ2v) is 15.9. The minimum atomic E-state index is -0.442. The van der Waals surface area contributed by atoms with Gasteiger partial charge in [-0.1, -0.05) is 90.8 Å². The fourth-order valence-corrected chi connectivity index (χ4v) is 7.99. The van der Waals surface area contributed by atoms with E-state index in [1.54, 1.807) is 11.5 Å². The molecule has 0 radical (unpaired) electrons. The molecule has 2 amide bonds. The van der Waals surface area contributed by atoms with Crippen molar-refractivity contribution < 1.29 is 23.9 Å². The maximum absolute atomic E-state index is 14.6. The topological polar surface area (TPSA) is 109 Å². The van der Waals surface area contributed by atoms with Crippen molar-refractivity contribution in [1.82, 2.24) is 20.1 Å². The van der Waals surface area contributed by atoms with E-state index in [0.717, 1.165) is 49.1 Å². The number of Topliss-reactive ketones (excluding diaryl/α,β-unsaturated/α-hetero) is 1. The molecule has 1 fully saturated rings. The van der Waals surface area contributed by atoms with E-state index in [0.29, 0.717) is 31.6 Å². The van der Waals surface area contributed by atoms with Crippen LogP contribution in [0.5, 0.6) is 0 Å². The summed E-state index contributed by atoms with van der Waals surface area (Å²) in [5.74, 6) is -0.701. The molecule has 2 aromatic rings. The summed E-state index contributed by atoms with van der Waals surface area (Å²) in [6.07, 6.45) is 8.36. The molecule has 1 unspecified atom stereocenters. The molecule has 1 N–H and O–H groups in total. The fourth-order valence-electron chi connectivity index (χ4n) is 7.12. The van der Waals surface area contributed by atoms with Gasteiger partial charge in [-0.15, -0.1) is 17.9 Å². The van der Waals surface area contributed by atoms with E-state index >= 15 is 0 Å². The number of carbonyl (C=O) groups is 4. The number of aromatic nitrogens is 1. The molecule has 7 atom stereocenters. The molecule has 1 saturated heterocycles. The number of hydrogen-bond acceptors (Lipinski definition) is 8.